The molecule has 0 radical (unpaired) electrons. The molecule has 1 aromatic heterocycles. The van der Waals surface area contributed by atoms with E-state index in [-0.39, 0.29) is 22.6 Å². The Balaban J connectivity index is 1.26. The molecule has 10 nitrogen and oxygen atoms in total. The van der Waals surface area contributed by atoms with Crippen LogP contribution >= 0.6 is 0 Å². The average Bonchev–Trinajstić information content (AvgIpc) is 3.62. The highest BCUT2D eigenvalue weighted by molar-refractivity contribution is 6.04. The standard InChI is InChI=1S/C31H29F5N6O4/c1-30(2,3)46-29(45)42-14-4-5-23(42)27(43)39-26-20-12-11-19(24(33)25(20)40-41-26)16-6-9-18(10-7-16)37-28(44)38-22-15-17(31(34,35)36)8-13-21(22)32/h6-13,15,23H,4-5,14H2,1-3H3,(H2,37,38,44)(H2,39,40,41,43). The minimum atomic E-state index is -4.72. The lowest BCUT2D eigenvalue weighted by Crippen LogP contribution is -2.45. The van der Waals surface area contributed by atoms with Gasteiger partial charge in [0.1, 0.15) is 23.0 Å². The van der Waals surface area contributed by atoms with E-state index in [0.717, 1.165) is 0 Å². The molecule has 0 aliphatic carbocycles. The van der Waals surface area contributed by atoms with Crippen LogP contribution in [-0.2, 0) is 15.7 Å². The van der Waals surface area contributed by atoms with Gasteiger partial charge >= 0.3 is 18.3 Å². The summed E-state index contributed by atoms with van der Waals surface area (Å²) in [5.41, 5.74) is -1.70. The first-order chi connectivity index (χ1) is 21.6. The van der Waals surface area contributed by atoms with Crippen LogP contribution in [0.4, 0.5) is 48.7 Å². The normalized spacial score (nSPS) is 15.1. The summed E-state index contributed by atoms with van der Waals surface area (Å²) in [7, 11) is 0. The number of likely N-dealkylation sites (tertiary alicyclic amines) is 1. The number of carbonyl (C=O) groups excluding carboxylic acids is 3. The average molecular weight is 645 g/mol. The fraction of sp³-hybridized carbons (Fsp3) is 0.290. The number of hydrogen-bond acceptors (Lipinski definition) is 5. The van der Waals surface area contributed by atoms with Gasteiger partial charge in [0.15, 0.2) is 11.6 Å². The minimum Gasteiger partial charge on any atom is -0.444 e. The predicted molar refractivity (Wildman–Crippen MR) is 160 cm³/mol. The quantitative estimate of drug-likeness (QED) is 0.167. The van der Waals surface area contributed by atoms with Crippen LogP contribution in [0.2, 0.25) is 0 Å². The van der Waals surface area contributed by atoms with E-state index < -0.39 is 58.7 Å². The number of fused-ring (bicyclic) bond motifs is 1. The third kappa shape index (κ3) is 7.03. The summed E-state index contributed by atoms with van der Waals surface area (Å²) in [6.45, 7) is 5.56. The number of nitrogens with one attached hydrogen (secondary N) is 4. The molecule has 4 aromatic rings. The number of urea groups is 1. The molecule has 0 bridgehead atoms. The minimum absolute atomic E-state index is 0.0212. The van der Waals surface area contributed by atoms with Gasteiger partial charge in [-0.15, -0.1) is 0 Å². The molecule has 4 amide bonds. The Bertz CT molecular complexity index is 1800. The van der Waals surface area contributed by atoms with Gasteiger partial charge in [-0.05, 0) is 75.6 Å². The number of H-pyrrole nitrogens is 1. The molecule has 2 heterocycles. The number of rotatable bonds is 5. The molecule has 1 aliphatic rings. The van der Waals surface area contributed by atoms with Gasteiger partial charge in [0.05, 0.1) is 11.3 Å². The number of anilines is 3. The van der Waals surface area contributed by atoms with E-state index in [9.17, 15) is 31.9 Å². The van der Waals surface area contributed by atoms with E-state index >= 15 is 4.39 Å². The van der Waals surface area contributed by atoms with Crippen molar-refractivity contribution in [2.24, 2.45) is 0 Å². The highest BCUT2D eigenvalue weighted by Crippen LogP contribution is 2.33. The first-order valence-electron chi connectivity index (χ1n) is 14.1. The molecule has 46 heavy (non-hydrogen) atoms. The maximum atomic E-state index is 15.6. The zero-order valence-electron chi connectivity index (χ0n) is 24.8. The lowest BCUT2D eigenvalue weighted by atomic mass is 10.0. The molecule has 15 heteroatoms. The molecular weight excluding hydrogens is 615 g/mol. The maximum Gasteiger partial charge on any atom is 0.416 e. The maximum absolute atomic E-state index is 15.6. The number of amides is 4. The number of hydrogen-bond donors (Lipinski definition) is 4. The number of benzene rings is 3. The van der Waals surface area contributed by atoms with Gasteiger partial charge in [0, 0.05) is 23.2 Å². The van der Waals surface area contributed by atoms with Crippen molar-refractivity contribution < 1.29 is 41.1 Å². The predicted octanol–water partition coefficient (Wildman–Crippen LogP) is 7.51. The van der Waals surface area contributed by atoms with Crippen LogP contribution in [0.5, 0.6) is 0 Å². The molecule has 1 unspecified atom stereocenters. The van der Waals surface area contributed by atoms with Gasteiger partial charge < -0.3 is 20.7 Å². The van der Waals surface area contributed by atoms with Crippen LogP contribution in [0.15, 0.2) is 54.6 Å². The van der Waals surface area contributed by atoms with Crippen LogP contribution in [0, 0.1) is 11.6 Å². The van der Waals surface area contributed by atoms with E-state index in [4.69, 9.17) is 4.74 Å². The van der Waals surface area contributed by atoms with E-state index in [1.807, 2.05) is 5.32 Å². The molecular formula is C31H29F5N6O4. The van der Waals surface area contributed by atoms with Crippen molar-refractivity contribution in [3.8, 4) is 11.1 Å². The molecule has 242 valence electrons. The molecule has 0 saturated carbocycles. The van der Waals surface area contributed by atoms with E-state index in [1.165, 1.54) is 35.2 Å². The summed E-state index contributed by atoms with van der Waals surface area (Å²) in [5.74, 6) is -2.11. The second-order valence-electron chi connectivity index (χ2n) is 11.6. The Morgan fingerprint density at radius 3 is 2.35 bits per heavy atom. The van der Waals surface area contributed by atoms with E-state index in [0.29, 0.717) is 48.5 Å². The largest absolute Gasteiger partial charge is 0.444 e. The molecule has 3 aromatic carbocycles. The topological polar surface area (TPSA) is 128 Å². The van der Waals surface area contributed by atoms with Crippen LogP contribution < -0.4 is 16.0 Å². The van der Waals surface area contributed by atoms with Crippen molar-refractivity contribution >= 4 is 46.1 Å². The number of ether oxygens (including phenoxy) is 1. The number of aromatic amines is 1. The fourth-order valence-electron chi connectivity index (χ4n) is 4.97. The molecule has 1 atom stereocenters. The van der Waals surface area contributed by atoms with E-state index in [1.54, 1.807) is 26.8 Å². The van der Waals surface area contributed by atoms with Gasteiger partial charge in [-0.2, -0.15) is 18.3 Å². The number of alkyl halides is 3. The molecule has 0 spiro atoms. The first kappa shape index (κ1) is 32.2. The van der Waals surface area contributed by atoms with Crippen LogP contribution in [0.1, 0.15) is 39.2 Å². The van der Waals surface area contributed by atoms with Crippen molar-refractivity contribution in [1.82, 2.24) is 15.1 Å². The van der Waals surface area contributed by atoms with Crippen molar-refractivity contribution in [3.05, 3.63) is 71.8 Å². The van der Waals surface area contributed by atoms with Crippen LogP contribution in [0.3, 0.4) is 0 Å². The van der Waals surface area contributed by atoms with Gasteiger partial charge in [-0.25, -0.2) is 18.4 Å². The summed E-state index contributed by atoms with van der Waals surface area (Å²) in [6, 6.07) is 8.78. The summed E-state index contributed by atoms with van der Waals surface area (Å²) in [5, 5.41) is 14.1. The van der Waals surface area contributed by atoms with E-state index in [2.05, 4.69) is 20.8 Å². The molecule has 5 rings (SSSR count). The lowest BCUT2D eigenvalue weighted by Gasteiger charge is -2.27. The highest BCUT2D eigenvalue weighted by Gasteiger charge is 2.37. The smallest absolute Gasteiger partial charge is 0.416 e. The Morgan fingerprint density at radius 2 is 1.67 bits per heavy atom. The first-order valence-corrected chi connectivity index (χ1v) is 14.1. The molecule has 1 fully saturated rings. The Hall–Kier alpha value is -5.21. The summed E-state index contributed by atoms with van der Waals surface area (Å²) in [4.78, 5) is 39.4. The second kappa shape index (κ2) is 12.3. The summed E-state index contributed by atoms with van der Waals surface area (Å²) in [6.07, 6.45) is -4.27. The van der Waals surface area contributed by atoms with Crippen molar-refractivity contribution in [2.75, 3.05) is 22.5 Å². The summed E-state index contributed by atoms with van der Waals surface area (Å²) >= 11 is 0. The van der Waals surface area contributed by atoms with Gasteiger partial charge in [-0.3, -0.25) is 14.8 Å². The monoisotopic (exact) mass is 644 g/mol. The lowest BCUT2D eigenvalue weighted by molar-refractivity contribution is -0.137. The third-order valence-electron chi connectivity index (χ3n) is 7.10. The zero-order chi connectivity index (χ0) is 33.4. The molecule has 1 saturated heterocycles. The number of carbonyl (C=O) groups is 3. The van der Waals surface area contributed by atoms with Gasteiger partial charge in [0.2, 0.25) is 5.91 Å². The van der Waals surface area contributed by atoms with Gasteiger partial charge in [-0.1, -0.05) is 18.2 Å². The number of halogens is 5. The molecule has 4 N–H and O–H groups in total. The van der Waals surface area contributed by atoms with Crippen molar-refractivity contribution in [3.63, 3.8) is 0 Å². The zero-order valence-corrected chi connectivity index (χ0v) is 24.8. The Labute approximate surface area is 259 Å². The van der Waals surface area contributed by atoms with Crippen LogP contribution in [0.25, 0.3) is 22.0 Å². The van der Waals surface area contributed by atoms with Gasteiger partial charge in [0.25, 0.3) is 0 Å². The van der Waals surface area contributed by atoms with Crippen molar-refractivity contribution in [2.45, 2.75) is 51.4 Å². The molecule has 1 aliphatic heterocycles. The number of aromatic nitrogens is 2. The highest BCUT2D eigenvalue weighted by atomic mass is 19.4. The van der Waals surface area contributed by atoms with Crippen molar-refractivity contribution in [1.29, 1.82) is 0 Å². The fourth-order valence-corrected chi connectivity index (χ4v) is 4.97. The third-order valence-corrected chi connectivity index (χ3v) is 7.10. The SMILES string of the molecule is CC(C)(C)OC(=O)N1CCCC1C(=O)Nc1n[nH]c2c(F)c(-c3ccc(NC(=O)Nc4cc(C(F)(F)F)ccc4F)cc3)ccc12. The van der Waals surface area contributed by atoms with Crippen LogP contribution in [-0.4, -0.2) is 51.3 Å². The second-order valence-corrected chi connectivity index (χ2v) is 11.6. The summed E-state index contributed by atoms with van der Waals surface area (Å²) < 4.78 is 73.8. The Kier molecular flexibility index (Phi) is 8.60. The Morgan fingerprint density at radius 1 is 0.957 bits per heavy atom. The number of nitrogens with zero attached hydrogens (tertiary/aromatic N) is 2.